The SMILES string of the molecule is Cc1cc(C(=O)Cn2cc(Br)c(=O)[nH]c2=O)c(C)n1C. The lowest BCUT2D eigenvalue weighted by Gasteiger charge is -2.05. The first kappa shape index (κ1) is 14.5. The molecule has 0 amide bonds. The summed E-state index contributed by atoms with van der Waals surface area (Å²) in [7, 11) is 1.88. The van der Waals surface area contributed by atoms with Crippen LogP contribution in [0.5, 0.6) is 0 Å². The number of aromatic amines is 1. The molecule has 0 unspecified atom stereocenters. The minimum Gasteiger partial charge on any atom is -0.351 e. The second kappa shape index (κ2) is 5.24. The van der Waals surface area contributed by atoms with E-state index in [4.69, 9.17) is 0 Å². The first-order valence-electron chi connectivity index (χ1n) is 5.96. The summed E-state index contributed by atoms with van der Waals surface area (Å²) in [4.78, 5) is 37.3. The number of H-pyrrole nitrogens is 1. The molecule has 0 aliphatic rings. The summed E-state index contributed by atoms with van der Waals surface area (Å²) < 4.78 is 3.31. The number of ketones is 1. The van der Waals surface area contributed by atoms with Crippen molar-refractivity contribution in [1.29, 1.82) is 0 Å². The molecular weight excluding hydrogens is 326 g/mol. The van der Waals surface area contributed by atoms with E-state index in [9.17, 15) is 14.4 Å². The van der Waals surface area contributed by atoms with Crippen LogP contribution in [0.4, 0.5) is 0 Å². The van der Waals surface area contributed by atoms with Crippen molar-refractivity contribution in [3.05, 3.63) is 54.5 Å². The van der Waals surface area contributed by atoms with E-state index in [0.717, 1.165) is 11.4 Å². The van der Waals surface area contributed by atoms with Crippen molar-refractivity contribution in [3.8, 4) is 0 Å². The van der Waals surface area contributed by atoms with Crippen LogP contribution in [-0.2, 0) is 13.6 Å². The zero-order valence-electron chi connectivity index (χ0n) is 11.4. The lowest BCUT2D eigenvalue weighted by Crippen LogP contribution is -2.32. The number of Topliss-reactive ketones (excluding diaryl/α,β-unsaturated/α-hetero) is 1. The molecule has 0 saturated carbocycles. The van der Waals surface area contributed by atoms with Crippen LogP contribution in [0.1, 0.15) is 21.7 Å². The zero-order valence-corrected chi connectivity index (χ0v) is 12.9. The summed E-state index contributed by atoms with van der Waals surface area (Å²) in [6.07, 6.45) is 1.32. The molecule has 2 rings (SSSR count). The Bertz CT molecular complexity index is 798. The average Bonchev–Trinajstić information content (AvgIpc) is 2.64. The highest BCUT2D eigenvalue weighted by molar-refractivity contribution is 9.10. The first-order valence-corrected chi connectivity index (χ1v) is 6.76. The van der Waals surface area contributed by atoms with Gasteiger partial charge in [-0.25, -0.2) is 4.79 Å². The molecule has 0 fully saturated rings. The molecule has 0 saturated heterocycles. The molecule has 106 valence electrons. The Morgan fingerprint density at radius 3 is 2.55 bits per heavy atom. The normalized spacial score (nSPS) is 10.8. The lowest BCUT2D eigenvalue weighted by atomic mass is 10.1. The van der Waals surface area contributed by atoms with Crippen molar-refractivity contribution in [2.24, 2.45) is 7.05 Å². The van der Waals surface area contributed by atoms with Gasteiger partial charge in [0, 0.05) is 30.2 Å². The monoisotopic (exact) mass is 339 g/mol. The summed E-state index contributed by atoms with van der Waals surface area (Å²) in [6, 6.07) is 1.80. The molecule has 2 aromatic rings. The van der Waals surface area contributed by atoms with Gasteiger partial charge in [-0.1, -0.05) is 0 Å². The molecule has 0 aliphatic carbocycles. The molecule has 2 heterocycles. The zero-order chi connectivity index (χ0) is 15.0. The number of carbonyl (C=O) groups is 1. The molecular formula is C13H14BrN3O3. The minimum atomic E-state index is -0.600. The highest BCUT2D eigenvalue weighted by atomic mass is 79.9. The predicted molar refractivity (Wildman–Crippen MR) is 78.2 cm³/mol. The fourth-order valence-electron chi connectivity index (χ4n) is 1.98. The number of halogens is 1. The van der Waals surface area contributed by atoms with Gasteiger partial charge in [0.1, 0.15) is 0 Å². The molecule has 0 aliphatic heterocycles. The maximum atomic E-state index is 12.3. The van der Waals surface area contributed by atoms with Gasteiger partial charge < -0.3 is 4.57 Å². The predicted octanol–water partition coefficient (Wildman–Crippen LogP) is 1.14. The fourth-order valence-corrected chi connectivity index (χ4v) is 2.32. The van der Waals surface area contributed by atoms with Gasteiger partial charge in [0.05, 0.1) is 11.0 Å². The van der Waals surface area contributed by atoms with Crippen LogP contribution in [0.2, 0.25) is 0 Å². The second-order valence-electron chi connectivity index (χ2n) is 4.63. The number of hydrogen-bond donors (Lipinski definition) is 1. The molecule has 20 heavy (non-hydrogen) atoms. The van der Waals surface area contributed by atoms with Crippen LogP contribution in [0.15, 0.2) is 26.3 Å². The van der Waals surface area contributed by atoms with Crippen molar-refractivity contribution in [2.75, 3.05) is 0 Å². The topological polar surface area (TPSA) is 76.9 Å². The van der Waals surface area contributed by atoms with Crippen LogP contribution < -0.4 is 11.2 Å². The third-order valence-corrected chi connectivity index (χ3v) is 3.92. The van der Waals surface area contributed by atoms with Crippen molar-refractivity contribution >= 4 is 21.7 Å². The summed E-state index contributed by atoms with van der Waals surface area (Å²) in [5.74, 6) is -0.174. The number of carbonyl (C=O) groups excluding carboxylic acids is 1. The van der Waals surface area contributed by atoms with E-state index in [1.54, 1.807) is 6.07 Å². The molecule has 6 nitrogen and oxygen atoms in total. The molecule has 0 bridgehead atoms. The number of nitrogens with one attached hydrogen (secondary N) is 1. The van der Waals surface area contributed by atoms with Gasteiger partial charge in [-0.05, 0) is 35.8 Å². The molecule has 2 aromatic heterocycles. The molecule has 0 spiro atoms. The number of hydrogen-bond acceptors (Lipinski definition) is 3. The van der Waals surface area contributed by atoms with E-state index in [1.165, 1.54) is 10.8 Å². The van der Waals surface area contributed by atoms with E-state index in [-0.39, 0.29) is 16.8 Å². The summed E-state index contributed by atoms with van der Waals surface area (Å²) in [5.41, 5.74) is 1.30. The fraction of sp³-hybridized carbons (Fsp3) is 0.308. The van der Waals surface area contributed by atoms with Gasteiger partial charge in [0.15, 0.2) is 5.78 Å². The van der Waals surface area contributed by atoms with Crippen LogP contribution >= 0.6 is 15.9 Å². The first-order chi connectivity index (χ1) is 9.31. The number of rotatable bonds is 3. The van der Waals surface area contributed by atoms with E-state index in [1.807, 2.05) is 25.5 Å². The quantitative estimate of drug-likeness (QED) is 0.852. The highest BCUT2D eigenvalue weighted by Gasteiger charge is 2.15. The van der Waals surface area contributed by atoms with Crippen LogP contribution in [0.3, 0.4) is 0 Å². The highest BCUT2D eigenvalue weighted by Crippen LogP contribution is 2.14. The van der Waals surface area contributed by atoms with Gasteiger partial charge in [0.25, 0.3) is 5.56 Å². The second-order valence-corrected chi connectivity index (χ2v) is 5.49. The molecule has 0 atom stereocenters. The van der Waals surface area contributed by atoms with E-state index in [2.05, 4.69) is 20.9 Å². The Kier molecular flexibility index (Phi) is 3.80. The van der Waals surface area contributed by atoms with Crippen LogP contribution in [0.25, 0.3) is 0 Å². The third-order valence-electron chi connectivity index (χ3n) is 3.36. The number of aryl methyl sites for hydroxylation is 1. The largest absolute Gasteiger partial charge is 0.351 e. The molecule has 7 heteroatoms. The molecule has 0 aromatic carbocycles. The summed E-state index contributed by atoms with van der Waals surface area (Å²) in [6.45, 7) is 3.65. The van der Waals surface area contributed by atoms with Crippen molar-refractivity contribution in [1.82, 2.24) is 14.1 Å². The molecule has 1 N–H and O–H groups in total. The van der Waals surface area contributed by atoms with Crippen molar-refractivity contribution in [3.63, 3.8) is 0 Å². The van der Waals surface area contributed by atoms with Gasteiger partial charge >= 0.3 is 5.69 Å². The van der Waals surface area contributed by atoms with Crippen molar-refractivity contribution < 1.29 is 4.79 Å². The standard InChI is InChI=1S/C13H14BrN3O3/c1-7-4-9(8(2)16(7)3)11(18)6-17-5-10(14)12(19)15-13(17)20/h4-5H,6H2,1-3H3,(H,15,19,20). The van der Waals surface area contributed by atoms with Crippen LogP contribution in [-0.4, -0.2) is 19.9 Å². The summed E-state index contributed by atoms with van der Waals surface area (Å²) in [5, 5.41) is 0. The number of aromatic nitrogens is 3. The average molecular weight is 340 g/mol. The minimum absolute atomic E-state index is 0.113. The third kappa shape index (κ3) is 2.53. The van der Waals surface area contributed by atoms with Gasteiger partial charge in [-0.2, -0.15) is 0 Å². The Morgan fingerprint density at radius 2 is 2.00 bits per heavy atom. The maximum absolute atomic E-state index is 12.3. The maximum Gasteiger partial charge on any atom is 0.328 e. The smallest absolute Gasteiger partial charge is 0.328 e. The van der Waals surface area contributed by atoms with Gasteiger partial charge in [0.2, 0.25) is 0 Å². The van der Waals surface area contributed by atoms with Gasteiger partial charge in [-0.3, -0.25) is 19.1 Å². The Balaban J connectivity index is 2.37. The van der Waals surface area contributed by atoms with E-state index < -0.39 is 11.2 Å². The Hall–Kier alpha value is -1.89. The Morgan fingerprint density at radius 1 is 1.35 bits per heavy atom. The van der Waals surface area contributed by atoms with Crippen molar-refractivity contribution in [2.45, 2.75) is 20.4 Å². The van der Waals surface area contributed by atoms with Gasteiger partial charge in [-0.15, -0.1) is 0 Å². The lowest BCUT2D eigenvalue weighted by molar-refractivity contribution is 0.0969. The Labute approximate surface area is 123 Å². The molecule has 0 radical (unpaired) electrons. The summed E-state index contributed by atoms with van der Waals surface area (Å²) >= 11 is 3.04. The number of nitrogens with zero attached hydrogens (tertiary/aromatic N) is 2. The van der Waals surface area contributed by atoms with Crippen LogP contribution in [0, 0.1) is 13.8 Å². The van der Waals surface area contributed by atoms with E-state index >= 15 is 0 Å². The van der Waals surface area contributed by atoms with E-state index in [0.29, 0.717) is 5.56 Å².